The lowest BCUT2D eigenvalue weighted by molar-refractivity contribution is -0.125. The Labute approximate surface area is 209 Å². The topological polar surface area (TPSA) is 74.9 Å². The third-order valence-electron chi connectivity index (χ3n) is 7.45. The number of hydrogen-bond acceptors (Lipinski definition) is 4. The molecule has 1 N–H and O–H groups in total. The summed E-state index contributed by atoms with van der Waals surface area (Å²) in [4.78, 5) is 34.7. The van der Waals surface area contributed by atoms with E-state index in [4.69, 9.17) is 9.47 Å². The summed E-state index contributed by atoms with van der Waals surface area (Å²) in [5, 5.41) is 1.04. The molecule has 0 aliphatic carbocycles. The first-order valence-electron chi connectivity index (χ1n) is 12.1. The Hall–Kier alpha value is -4.26. The molecular formula is C29H27N3O4. The number of aromatic nitrogens is 1. The Kier molecular flexibility index (Phi) is 5.03. The van der Waals surface area contributed by atoms with Crippen molar-refractivity contribution < 1.29 is 19.1 Å². The van der Waals surface area contributed by atoms with Gasteiger partial charge in [-0.25, -0.2) is 9.69 Å². The lowest BCUT2D eigenvalue weighted by Crippen LogP contribution is -2.50. The molecule has 0 radical (unpaired) electrons. The normalized spacial score (nSPS) is 21.0. The summed E-state index contributed by atoms with van der Waals surface area (Å²) in [7, 11) is 1.65. The van der Waals surface area contributed by atoms with Crippen LogP contribution in [0.2, 0.25) is 0 Å². The number of nitrogens with zero attached hydrogens (tertiary/aromatic N) is 2. The van der Waals surface area contributed by atoms with Crippen LogP contribution in [0.4, 0.5) is 10.5 Å². The number of H-pyrrole nitrogens is 1. The van der Waals surface area contributed by atoms with E-state index in [1.54, 1.807) is 24.1 Å². The molecule has 0 bridgehead atoms. The number of aromatic amines is 1. The first-order valence-corrected chi connectivity index (χ1v) is 12.1. The van der Waals surface area contributed by atoms with E-state index >= 15 is 0 Å². The second-order valence-corrected chi connectivity index (χ2v) is 9.26. The number of nitrogens with one attached hydrogen (secondary N) is 1. The number of hydrogen-bond donors (Lipinski definition) is 1. The standard InChI is InChI=1S/C29H27N3O4/c1-4-36-24-16-10-8-14-22(24)32-27(33)29(2)26-25(19-12-5-7-13-21(19)30-26)20(17-31(29)28(32)34)18-11-6-9-15-23(18)35-3/h5-16,20,30H,4,17H2,1-3H3/t20-,29+/m1/s1. The third kappa shape index (κ3) is 2.92. The van der Waals surface area contributed by atoms with Crippen LogP contribution in [0.3, 0.4) is 0 Å². The number of rotatable bonds is 5. The van der Waals surface area contributed by atoms with Crippen LogP contribution < -0.4 is 14.4 Å². The largest absolute Gasteiger partial charge is 0.496 e. The van der Waals surface area contributed by atoms with Gasteiger partial charge in [0.2, 0.25) is 0 Å². The Morgan fingerprint density at radius 3 is 2.44 bits per heavy atom. The molecule has 182 valence electrons. The molecule has 3 amide bonds. The molecule has 36 heavy (non-hydrogen) atoms. The number of imide groups is 1. The minimum atomic E-state index is -1.19. The van der Waals surface area contributed by atoms with Gasteiger partial charge < -0.3 is 19.4 Å². The Bertz CT molecular complexity index is 1510. The second-order valence-electron chi connectivity index (χ2n) is 9.26. The molecule has 0 unspecified atom stereocenters. The smallest absolute Gasteiger partial charge is 0.332 e. The number of amides is 3. The summed E-state index contributed by atoms with van der Waals surface area (Å²) < 4.78 is 11.5. The maximum atomic E-state index is 14.2. The van der Waals surface area contributed by atoms with E-state index in [1.807, 2.05) is 68.4 Å². The lowest BCUT2D eigenvalue weighted by atomic mass is 9.78. The molecule has 7 nitrogen and oxygen atoms in total. The highest BCUT2D eigenvalue weighted by Crippen LogP contribution is 2.52. The number of para-hydroxylation sites is 4. The monoisotopic (exact) mass is 481 g/mol. The maximum absolute atomic E-state index is 14.2. The average Bonchev–Trinajstić information content (AvgIpc) is 3.38. The van der Waals surface area contributed by atoms with Crippen LogP contribution in [-0.4, -0.2) is 42.1 Å². The summed E-state index contributed by atoms with van der Waals surface area (Å²) in [5.74, 6) is 0.771. The van der Waals surface area contributed by atoms with Gasteiger partial charge >= 0.3 is 6.03 Å². The fraction of sp³-hybridized carbons (Fsp3) is 0.241. The zero-order valence-corrected chi connectivity index (χ0v) is 20.4. The molecule has 1 aromatic heterocycles. The highest BCUT2D eigenvalue weighted by Gasteiger charge is 2.61. The van der Waals surface area contributed by atoms with Gasteiger partial charge in [-0.2, -0.15) is 0 Å². The first kappa shape index (κ1) is 22.2. The number of benzene rings is 3. The lowest BCUT2D eigenvalue weighted by Gasteiger charge is -2.40. The van der Waals surface area contributed by atoms with Crippen molar-refractivity contribution in [2.75, 3.05) is 25.2 Å². The molecule has 3 aromatic carbocycles. The van der Waals surface area contributed by atoms with Gasteiger partial charge in [-0.15, -0.1) is 0 Å². The highest BCUT2D eigenvalue weighted by molar-refractivity contribution is 6.24. The van der Waals surface area contributed by atoms with E-state index in [1.165, 1.54) is 4.90 Å². The van der Waals surface area contributed by atoms with Gasteiger partial charge in [-0.1, -0.05) is 48.5 Å². The van der Waals surface area contributed by atoms with Gasteiger partial charge in [0.25, 0.3) is 5.91 Å². The molecule has 2 atom stereocenters. The molecule has 7 heteroatoms. The van der Waals surface area contributed by atoms with Crippen LogP contribution >= 0.6 is 0 Å². The van der Waals surface area contributed by atoms with Crippen molar-refractivity contribution in [2.45, 2.75) is 25.3 Å². The van der Waals surface area contributed by atoms with E-state index in [9.17, 15) is 9.59 Å². The van der Waals surface area contributed by atoms with Gasteiger partial charge in [0.15, 0.2) is 5.54 Å². The van der Waals surface area contributed by atoms with Crippen molar-refractivity contribution in [1.82, 2.24) is 9.88 Å². The average molecular weight is 482 g/mol. The van der Waals surface area contributed by atoms with Crippen molar-refractivity contribution in [3.8, 4) is 11.5 Å². The van der Waals surface area contributed by atoms with E-state index in [2.05, 4.69) is 11.1 Å². The van der Waals surface area contributed by atoms with Crippen molar-refractivity contribution >= 4 is 28.5 Å². The number of methoxy groups -OCH3 is 1. The van der Waals surface area contributed by atoms with Crippen molar-refractivity contribution in [2.24, 2.45) is 0 Å². The summed E-state index contributed by atoms with van der Waals surface area (Å²) in [6.45, 7) is 4.48. The van der Waals surface area contributed by atoms with Crippen LogP contribution in [0.15, 0.2) is 72.8 Å². The van der Waals surface area contributed by atoms with Crippen LogP contribution in [0.25, 0.3) is 10.9 Å². The molecule has 0 saturated carbocycles. The molecule has 2 aliphatic rings. The molecule has 0 spiro atoms. The summed E-state index contributed by atoms with van der Waals surface area (Å²) in [6, 6.07) is 22.7. The summed E-state index contributed by atoms with van der Waals surface area (Å²) in [5.41, 5.74) is 2.93. The summed E-state index contributed by atoms with van der Waals surface area (Å²) in [6.07, 6.45) is 0. The summed E-state index contributed by atoms with van der Waals surface area (Å²) >= 11 is 0. The number of fused-ring (bicyclic) bond motifs is 5. The third-order valence-corrected chi connectivity index (χ3v) is 7.45. The number of ether oxygens (including phenoxy) is 2. The number of anilines is 1. The molecular weight excluding hydrogens is 454 g/mol. The zero-order chi connectivity index (χ0) is 25.0. The van der Waals surface area contributed by atoms with Gasteiger partial charge in [0.05, 0.1) is 25.1 Å². The number of carbonyl (C=O) groups excluding carboxylic acids is 2. The molecule has 1 fully saturated rings. The van der Waals surface area contributed by atoms with Gasteiger partial charge in [-0.05, 0) is 43.7 Å². The fourth-order valence-electron chi connectivity index (χ4n) is 5.76. The van der Waals surface area contributed by atoms with Crippen LogP contribution in [0, 0.1) is 0 Å². The Morgan fingerprint density at radius 1 is 0.972 bits per heavy atom. The Morgan fingerprint density at radius 2 is 1.67 bits per heavy atom. The second kappa shape index (κ2) is 8.16. The molecule has 4 aromatic rings. The van der Waals surface area contributed by atoms with Crippen LogP contribution in [-0.2, 0) is 10.3 Å². The zero-order valence-electron chi connectivity index (χ0n) is 20.4. The van der Waals surface area contributed by atoms with E-state index in [0.29, 0.717) is 24.6 Å². The van der Waals surface area contributed by atoms with Gasteiger partial charge in [0, 0.05) is 28.9 Å². The minimum Gasteiger partial charge on any atom is -0.496 e. The van der Waals surface area contributed by atoms with Gasteiger partial charge in [-0.3, -0.25) is 4.79 Å². The quantitative estimate of drug-likeness (QED) is 0.387. The number of carbonyl (C=O) groups is 2. The highest BCUT2D eigenvalue weighted by atomic mass is 16.5. The maximum Gasteiger partial charge on any atom is 0.332 e. The molecule has 3 heterocycles. The predicted octanol–water partition coefficient (Wildman–Crippen LogP) is 5.40. The van der Waals surface area contributed by atoms with Crippen molar-refractivity contribution in [1.29, 1.82) is 0 Å². The molecule has 1 saturated heterocycles. The molecule has 2 aliphatic heterocycles. The fourth-order valence-corrected chi connectivity index (χ4v) is 5.76. The molecule has 6 rings (SSSR count). The van der Waals surface area contributed by atoms with Crippen LogP contribution in [0.1, 0.15) is 36.6 Å². The van der Waals surface area contributed by atoms with Gasteiger partial charge in [0.1, 0.15) is 11.5 Å². The van der Waals surface area contributed by atoms with E-state index < -0.39 is 5.54 Å². The number of urea groups is 1. The Balaban J connectivity index is 1.58. The van der Waals surface area contributed by atoms with Crippen LogP contribution in [0.5, 0.6) is 11.5 Å². The van der Waals surface area contributed by atoms with E-state index in [-0.39, 0.29) is 17.9 Å². The first-order chi connectivity index (χ1) is 17.5. The minimum absolute atomic E-state index is 0.181. The predicted molar refractivity (Wildman–Crippen MR) is 138 cm³/mol. The SMILES string of the molecule is CCOc1ccccc1N1C(=O)N2C[C@H](c3ccccc3OC)c3c([nH]c4ccccc34)[C@@]2(C)C1=O. The van der Waals surface area contributed by atoms with Crippen molar-refractivity contribution in [3.63, 3.8) is 0 Å². The van der Waals surface area contributed by atoms with E-state index in [0.717, 1.165) is 33.5 Å². The van der Waals surface area contributed by atoms with Crippen molar-refractivity contribution in [3.05, 3.63) is 89.6 Å².